The molecule has 0 atom stereocenters. The Morgan fingerprint density at radius 1 is 0.333 bits per heavy atom. The summed E-state index contributed by atoms with van der Waals surface area (Å²) in [6.07, 6.45) is 0. The molecule has 57 heavy (non-hydrogen) atoms. The first kappa shape index (κ1) is 33.2. The highest BCUT2D eigenvalue weighted by atomic mass is 14.9. The fraction of sp³-hybridized carbons (Fsp3) is 0.0545. The molecule has 0 saturated carbocycles. The molecule has 0 radical (unpaired) electrons. The van der Waals surface area contributed by atoms with Crippen LogP contribution in [-0.4, -0.2) is 9.97 Å². The van der Waals surface area contributed by atoms with Gasteiger partial charge in [-0.05, 0) is 95.0 Å². The van der Waals surface area contributed by atoms with Gasteiger partial charge >= 0.3 is 0 Å². The van der Waals surface area contributed by atoms with Crippen molar-refractivity contribution in [2.45, 2.75) is 19.3 Å². The molecule has 9 aromatic carbocycles. The third kappa shape index (κ3) is 5.40. The smallest absolute Gasteiger partial charge is 0.160 e. The van der Waals surface area contributed by atoms with Crippen molar-refractivity contribution in [2.24, 2.45) is 0 Å². The van der Waals surface area contributed by atoms with Crippen molar-refractivity contribution >= 4 is 32.3 Å². The van der Waals surface area contributed by atoms with Crippen LogP contribution in [0.4, 0.5) is 0 Å². The molecule has 10 aromatic rings. The molecule has 1 heterocycles. The lowest BCUT2D eigenvalue weighted by molar-refractivity contribution is 0.661. The number of hydrogen-bond donors (Lipinski definition) is 0. The van der Waals surface area contributed by atoms with Crippen LogP contribution >= 0.6 is 0 Å². The fourth-order valence-electron chi connectivity index (χ4n) is 9.22. The van der Waals surface area contributed by atoms with Crippen LogP contribution < -0.4 is 0 Å². The molecule has 1 aliphatic rings. The highest BCUT2D eigenvalue weighted by Crippen LogP contribution is 2.54. The molecular weight excluding hydrogens is 689 g/mol. The van der Waals surface area contributed by atoms with Crippen molar-refractivity contribution in [3.63, 3.8) is 0 Å². The zero-order chi connectivity index (χ0) is 38.1. The van der Waals surface area contributed by atoms with Crippen LogP contribution in [0.1, 0.15) is 25.0 Å². The van der Waals surface area contributed by atoms with Gasteiger partial charge in [0.1, 0.15) is 0 Å². The van der Waals surface area contributed by atoms with Crippen molar-refractivity contribution in [3.8, 4) is 67.3 Å². The molecule has 268 valence electrons. The second-order valence-electron chi connectivity index (χ2n) is 15.7. The minimum atomic E-state index is -0.0934. The van der Waals surface area contributed by atoms with E-state index in [0.29, 0.717) is 5.82 Å². The summed E-state index contributed by atoms with van der Waals surface area (Å²) in [7, 11) is 0. The lowest BCUT2D eigenvalue weighted by Gasteiger charge is -2.21. The molecule has 2 heteroatoms. The van der Waals surface area contributed by atoms with Gasteiger partial charge in [0.2, 0.25) is 0 Å². The normalized spacial score (nSPS) is 12.9. The average Bonchev–Trinajstić information content (AvgIpc) is 3.52. The molecule has 11 rings (SSSR count). The van der Waals surface area contributed by atoms with Gasteiger partial charge in [-0.1, -0.05) is 190 Å². The van der Waals surface area contributed by atoms with Crippen LogP contribution in [0, 0.1) is 0 Å². The molecule has 1 aliphatic carbocycles. The molecule has 0 bridgehead atoms. The summed E-state index contributed by atoms with van der Waals surface area (Å²) >= 11 is 0. The molecule has 0 saturated heterocycles. The zero-order valence-electron chi connectivity index (χ0n) is 31.9. The third-order valence-corrected chi connectivity index (χ3v) is 12.1. The standard InChI is InChI=1S/C55H38N2/c1-55(2)48-25-13-24-44(53(48)52-43-21-9-8-15-36(43)28-31-49(52)55)40-20-12-19-39(33-40)42-29-30-47(46-23-11-10-22-45(42)46)51-34-50(56-54(57-51)37-16-4-3-5-17-37)41-27-26-35-14-6-7-18-38(35)32-41/h3-34H,1-2H3. The number of aromatic nitrogens is 2. The van der Waals surface area contributed by atoms with E-state index in [2.05, 4.69) is 190 Å². The first-order valence-electron chi connectivity index (χ1n) is 19.7. The second-order valence-corrected chi connectivity index (χ2v) is 15.7. The summed E-state index contributed by atoms with van der Waals surface area (Å²) in [4.78, 5) is 10.4. The van der Waals surface area contributed by atoms with Gasteiger partial charge in [0.05, 0.1) is 11.4 Å². The number of benzene rings is 9. The van der Waals surface area contributed by atoms with Crippen LogP contribution in [0.25, 0.3) is 99.6 Å². The molecule has 0 amide bonds. The molecule has 0 N–H and O–H groups in total. The van der Waals surface area contributed by atoms with Gasteiger partial charge in [-0.2, -0.15) is 0 Å². The van der Waals surface area contributed by atoms with Gasteiger partial charge < -0.3 is 0 Å². The SMILES string of the molecule is CC1(C)c2cccc(-c3cccc(-c4ccc(-c5cc(-c6ccc7ccccc7c6)nc(-c6ccccc6)n5)c5ccccc45)c3)c2-c2c1ccc1ccccc21. The average molecular weight is 727 g/mol. The Morgan fingerprint density at radius 3 is 1.75 bits per heavy atom. The molecule has 0 fully saturated rings. The Balaban J connectivity index is 1.06. The Hall–Kier alpha value is -7.16. The van der Waals surface area contributed by atoms with E-state index < -0.39 is 0 Å². The lowest BCUT2D eigenvalue weighted by Crippen LogP contribution is -2.14. The Labute approximate surface area is 332 Å². The summed E-state index contributed by atoms with van der Waals surface area (Å²) in [6, 6.07) is 70.2. The molecular formula is C55H38N2. The highest BCUT2D eigenvalue weighted by molar-refractivity contribution is 6.08. The van der Waals surface area contributed by atoms with Crippen molar-refractivity contribution in [1.29, 1.82) is 0 Å². The van der Waals surface area contributed by atoms with E-state index in [1.807, 2.05) is 18.2 Å². The maximum Gasteiger partial charge on any atom is 0.160 e. The van der Waals surface area contributed by atoms with Gasteiger partial charge in [-0.3, -0.25) is 0 Å². The number of rotatable bonds is 5. The predicted molar refractivity (Wildman–Crippen MR) is 239 cm³/mol. The summed E-state index contributed by atoms with van der Waals surface area (Å²) in [5, 5.41) is 7.34. The van der Waals surface area contributed by atoms with E-state index in [9.17, 15) is 0 Å². The van der Waals surface area contributed by atoms with Crippen LogP contribution in [0.15, 0.2) is 194 Å². The molecule has 1 aromatic heterocycles. The minimum absolute atomic E-state index is 0.0934. The van der Waals surface area contributed by atoms with Crippen LogP contribution in [-0.2, 0) is 5.41 Å². The topological polar surface area (TPSA) is 25.8 Å². The summed E-state index contributed by atoms with van der Waals surface area (Å²) < 4.78 is 0. The van der Waals surface area contributed by atoms with Crippen molar-refractivity contribution in [2.75, 3.05) is 0 Å². The lowest BCUT2D eigenvalue weighted by atomic mass is 9.81. The highest BCUT2D eigenvalue weighted by Gasteiger charge is 2.37. The maximum absolute atomic E-state index is 5.24. The first-order valence-corrected chi connectivity index (χ1v) is 19.7. The zero-order valence-corrected chi connectivity index (χ0v) is 31.9. The third-order valence-electron chi connectivity index (χ3n) is 12.1. The second kappa shape index (κ2) is 13.0. The van der Waals surface area contributed by atoms with E-state index in [1.165, 1.54) is 71.4 Å². The van der Waals surface area contributed by atoms with Gasteiger partial charge in [0.15, 0.2) is 5.82 Å². The van der Waals surface area contributed by atoms with Gasteiger partial charge in [-0.25, -0.2) is 9.97 Å². The summed E-state index contributed by atoms with van der Waals surface area (Å²) in [5.74, 6) is 0.713. The van der Waals surface area contributed by atoms with Crippen LogP contribution in [0.5, 0.6) is 0 Å². The van der Waals surface area contributed by atoms with Gasteiger partial charge in [0.25, 0.3) is 0 Å². The fourth-order valence-corrected chi connectivity index (χ4v) is 9.22. The molecule has 0 unspecified atom stereocenters. The van der Waals surface area contributed by atoms with Crippen molar-refractivity contribution in [3.05, 3.63) is 205 Å². The molecule has 0 aliphatic heterocycles. The Morgan fingerprint density at radius 2 is 0.930 bits per heavy atom. The quantitative estimate of drug-likeness (QED) is 0.176. The van der Waals surface area contributed by atoms with Crippen molar-refractivity contribution < 1.29 is 0 Å². The van der Waals surface area contributed by atoms with E-state index in [4.69, 9.17) is 9.97 Å². The summed E-state index contributed by atoms with van der Waals surface area (Å²) in [5.41, 5.74) is 15.2. The van der Waals surface area contributed by atoms with E-state index in [0.717, 1.165) is 33.5 Å². The molecule has 0 spiro atoms. The van der Waals surface area contributed by atoms with Gasteiger partial charge in [0, 0.05) is 22.1 Å². The Bertz CT molecular complexity index is 3210. The summed E-state index contributed by atoms with van der Waals surface area (Å²) in [6.45, 7) is 4.73. The number of nitrogens with zero attached hydrogens (tertiary/aromatic N) is 2. The number of hydrogen-bond acceptors (Lipinski definition) is 2. The largest absolute Gasteiger partial charge is 0.228 e. The van der Waals surface area contributed by atoms with Crippen molar-refractivity contribution in [1.82, 2.24) is 9.97 Å². The van der Waals surface area contributed by atoms with Gasteiger partial charge in [-0.15, -0.1) is 0 Å². The van der Waals surface area contributed by atoms with E-state index in [1.54, 1.807) is 0 Å². The van der Waals surface area contributed by atoms with Crippen LogP contribution in [0.2, 0.25) is 0 Å². The Kier molecular flexibility index (Phi) is 7.55. The van der Waals surface area contributed by atoms with Crippen LogP contribution in [0.3, 0.4) is 0 Å². The number of fused-ring (bicyclic) bond motifs is 7. The minimum Gasteiger partial charge on any atom is -0.228 e. The monoisotopic (exact) mass is 726 g/mol. The first-order chi connectivity index (χ1) is 28.0. The molecule has 2 nitrogen and oxygen atoms in total. The van der Waals surface area contributed by atoms with E-state index >= 15 is 0 Å². The maximum atomic E-state index is 5.24. The van der Waals surface area contributed by atoms with E-state index in [-0.39, 0.29) is 5.41 Å². The predicted octanol–water partition coefficient (Wildman–Crippen LogP) is 14.6.